The molecule has 3 heterocycles. The van der Waals surface area contributed by atoms with E-state index in [9.17, 15) is 5.11 Å². The van der Waals surface area contributed by atoms with Crippen molar-refractivity contribution in [1.82, 2.24) is 24.9 Å². The quantitative estimate of drug-likeness (QED) is 0.230. The number of hydrogen-bond donors (Lipinski definition) is 1. The van der Waals surface area contributed by atoms with Gasteiger partial charge in [-0.3, -0.25) is 9.58 Å². The summed E-state index contributed by atoms with van der Waals surface area (Å²) >= 11 is 1.72. The van der Waals surface area contributed by atoms with Gasteiger partial charge in [-0.1, -0.05) is 74.4 Å². The lowest BCUT2D eigenvalue weighted by atomic mass is 9.88. The molecule has 9 heteroatoms. The Balaban J connectivity index is 0.000000330. The molecule has 47 heavy (non-hydrogen) atoms. The van der Waals surface area contributed by atoms with Gasteiger partial charge in [0.05, 0.1) is 25.5 Å². The minimum Gasteiger partial charge on any atom is -0.497 e. The van der Waals surface area contributed by atoms with E-state index in [1.54, 1.807) is 18.4 Å². The van der Waals surface area contributed by atoms with E-state index < -0.39 is 0 Å². The normalized spacial score (nSPS) is 15.5. The van der Waals surface area contributed by atoms with E-state index in [0.29, 0.717) is 24.5 Å². The molecule has 0 aliphatic carbocycles. The molecule has 0 spiro atoms. The van der Waals surface area contributed by atoms with Gasteiger partial charge in [0, 0.05) is 31.2 Å². The van der Waals surface area contributed by atoms with Gasteiger partial charge in [0.25, 0.3) is 0 Å². The summed E-state index contributed by atoms with van der Waals surface area (Å²) in [6, 6.07) is 10.8. The molecule has 1 aliphatic heterocycles. The molecule has 0 saturated carbocycles. The lowest BCUT2D eigenvalue weighted by Crippen LogP contribution is -2.37. The highest BCUT2D eigenvalue weighted by Crippen LogP contribution is 2.23. The molecule has 1 fully saturated rings. The van der Waals surface area contributed by atoms with Crippen LogP contribution >= 0.6 is 11.3 Å². The van der Waals surface area contributed by atoms with Gasteiger partial charge < -0.3 is 14.6 Å². The number of benzene rings is 1. The van der Waals surface area contributed by atoms with Crippen LogP contribution in [0.15, 0.2) is 30.3 Å². The summed E-state index contributed by atoms with van der Waals surface area (Å²) in [5.74, 6) is 1.99. The van der Waals surface area contributed by atoms with Gasteiger partial charge in [-0.05, 0) is 88.0 Å². The first kappa shape index (κ1) is 42.7. The molecule has 1 N–H and O–H groups in total. The number of ether oxygens (including phenoxy) is 2. The first-order valence-corrected chi connectivity index (χ1v) is 18.3. The minimum atomic E-state index is -0.106. The van der Waals surface area contributed by atoms with Crippen LogP contribution in [0, 0.1) is 12.3 Å². The topological polar surface area (TPSA) is 85.5 Å². The van der Waals surface area contributed by atoms with E-state index in [1.807, 2.05) is 37.7 Å². The molecular formula is C38H67N5O3S. The molecule has 268 valence electrons. The summed E-state index contributed by atoms with van der Waals surface area (Å²) < 4.78 is 13.1. The Bertz CT molecular complexity index is 1230. The van der Waals surface area contributed by atoms with Crippen molar-refractivity contribution in [2.24, 2.45) is 12.5 Å². The van der Waals surface area contributed by atoms with Gasteiger partial charge in [-0.2, -0.15) is 5.10 Å². The number of aliphatic hydroxyl groups excluding tert-OH is 1. The molecule has 0 bridgehead atoms. The molecule has 1 aromatic carbocycles. The standard InChI is InChI=1S/C15H23NO2.C8H14N2.C8H18O.C7H12N2S/c1-12(2)16-10-4-5-15(16)18-11-13-6-8-14(17-3)9-7-13;1-6(2)8-5-7(3)9-10(8)4;1-5-7(9)6-8(2,3)4;1-4-6-8-9-7(10-6)5(2)3/h6-9,12,15H,4-5,10-11H2,1-3H3;5-6H,1-4H3;7,9H,5-6H2,1-4H3;5H,4H2,1-3H3/t15-;;7-;/m0.0./s1. The molecule has 4 rings (SSSR count). The van der Waals surface area contributed by atoms with Gasteiger partial charge in [-0.15, -0.1) is 21.5 Å². The number of hydrogen-bond acceptors (Lipinski definition) is 8. The predicted octanol–water partition coefficient (Wildman–Crippen LogP) is 9.31. The zero-order chi connectivity index (χ0) is 35.7. The molecule has 1 saturated heterocycles. The fourth-order valence-electron chi connectivity index (χ4n) is 5.11. The van der Waals surface area contributed by atoms with Gasteiger partial charge >= 0.3 is 0 Å². The number of aromatic nitrogens is 4. The summed E-state index contributed by atoms with van der Waals surface area (Å²) in [7, 11) is 3.67. The second-order valence-electron chi connectivity index (χ2n) is 14.4. The van der Waals surface area contributed by atoms with Crippen molar-refractivity contribution in [3.05, 3.63) is 57.3 Å². The van der Waals surface area contributed by atoms with E-state index in [4.69, 9.17) is 9.47 Å². The second kappa shape index (κ2) is 21.6. The van der Waals surface area contributed by atoms with Crippen LogP contribution in [0.4, 0.5) is 0 Å². The Hall–Kier alpha value is -2.33. The lowest BCUT2D eigenvalue weighted by molar-refractivity contribution is -0.0573. The van der Waals surface area contributed by atoms with Crippen LogP contribution in [0.1, 0.15) is 141 Å². The van der Waals surface area contributed by atoms with Crippen molar-refractivity contribution in [3.8, 4) is 5.75 Å². The van der Waals surface area contributed by atoms with Gasteiger partial charge in [0.1, 0.15) is 22.0 Å². The second-order valence-corrected chi connectivity index (χ2v) is 15.5. The van der Waals surface area contributed by atoms with Crippen molar-refractivity contribution in [2.75, 3.05) is 13.7 Å². The summed E-state index contributed by atoms with van der Waals surface area (Å²) in [4.78, 5) is 2.43. The number of aliphatic hydroxyl groups is 1. The third-order valence-corrected chi connectivity index (χ3v) is 9.10. The Labute approximate surface area is 291 Å². The van der Waals surface area contributed by atoms with E-state index in [-0.39, 0.29) is 17.7 Å². The first-order chi connectivity index (χ1) is 22.0. The molecule has 2 atom stereocenters. The van der Waals surface area contributed by atoms with Gasteiger partial charge in [0.15, 0.2) is 0 Å². The Morgan fingerprint density at radius 2 is 1.64 bits per heavy atom. The first-order valence-electron chi connectivity index (χ1n) is 17.5. The summed E-state index contributed by atoms with van der Waals surface area (Å²) in [5, 5.41) is 23.8. The highest BCUT2D eigenvalue weighted by atomic mass is 32.1. The fraction of sp³-hybridized carbons (Fsp3) is 0.711. The van der Waals surface area contributed by atoms with E-state index in [2.05, 4.69) is 108 Å². The zero-order valence-corrected chi connectivity index (χ0v) is 32.9. The van der Waals surface area contributed by atoms with Crippen LogP contribution in [-0.2, 0) is 24.8 Å². The number of rotatable bonds is 10. The largest absolute Gasteiger partial charge is 0.497 e. The third-order valence-electron chi connectivity index (χ3n) is 7.73. The summed E-state index contributed by atoms with van der Waals surface area (Å²) in [5.41, 5.74) is 3.88. The molecule has 2 aromatic heterocycles. The SMILES string of the molecule is CC[C@H](O)CC(C)(C)C.CCc1nnc(C(C)C)s1.COc1ccc(CO[C@H]2CCCN2C(C)C)cc1.Cc1cc(C(C)C)n(C)n1. The molecule has 1 aliphatic rings. The van der Waals surface area contributed by atoms with Crippen molar-refractivity contribution >= 4 is 11.3 Å². The van der Waals surface area contributed by atoms with Crippen molar-refractivity contribution in [3.63, 3.8) is 0 Å². The van der Waals surface area contributed by atoms with Crippen molar-refractivity contribution in [2.45, 2.75) is 152 Å². The van der Waals surface area contributed by atoms with E-state index in [1.165, 1.54) is 17.7 Å². The number of aryl methyl sites for hydroxylation is 3. The van der Waals surface area contributed by atoms with Crippen LogP contribution in [0.5, 0.6) is 5.75 Å². The van der Waals surface area contributed by atoms with E-state index in [0.717, 1.165) is 53.7 Å². The summed E-state index contributed by atoms with van der Waals surface area (Å²) in [6.07, 6.45) is 5.35. The zero-order valence-electron chi connectivity index (χ0n) is 32.1. The maximum atomic E-state index is 9.19. The monoisotopic (exact) mass is 673 g/mol. The molecular weight excluding hydrogens is 607 g/mol. The molecule has 0 radical (unpaired) electrons. The van der Waals surface area contributed by atoms with Gasteiger partial charge in [-0.25, -0.2) is 0 Å². The van der Waals surface area contributed by atoms with Crippen molar-refractivity contribution in [1.29, 1.82) is 0 Å². The van der Waals surface area contributed by atoms with Crippen molar-refractivity contribution < 1.29 is 14.6 Å². The predicted molar refractivity (Wildman–Crippen MR) is 198 cm³/mol. The minimum absolute atomic E-state index is 0.106. The lowest BCUT2D eigenvalue weighted by Gasteiger charge is -2.28. The highest BCUT2D eigenvalue weighted by Gasteiger charge is 2.26. The Morgan fingerprint density at radius 3 is 2.00 bits per heavy atom. The Kier molecular flexibility index (Phi) is 19.6. The van der Waals surface area contributed by atoms with Gasteiger partial charge in [0.2, 0.25) is 0 Å². The maximum Gasteiger partial charge on any atom is 0.119 e. The third kappa shape index (κ3) is 17.1. The average molecular weight is 674 g/mol. The van der Waals surface area contributed by atoms with Crippen LogP contribution in [0.2, 0.25) is 0 Å². The number of methoxy groups -OCH3 is 1. The summed E-state index contributed by atoms with van der Waals surface area (Å²) in [6.45, 7) is 27.5. The van der Waals surface area contributed by atoms with Crippen LogP contribution < -0.4 is 4.74 Å². The van der Waals surface area contributed by atoms with Crippen LogP contribution in [-0.4, -0.2) is 62.0 Å². The molecule has 8 nitrogen and oxygen atoms in total. The molecule has 0 amide bonds. The molecule has 3 aromatic rings. The maximum absolute atomic E-state index is 9.19. The van der Waals surface area contributed by atoms with Crippen LogP contribution in [0.25, 0.3) is 0 Å². The Morgan fingerprint density at radius 1 is 1.00 bits per heavy atom. The van der Waals surface area contributed by atoms with E-state index >= 15 is 0 Å². The fourth-order valence-corrected chi connectivity index (χ4v) is 5.89. The highest BCUT2D eigenvalue weighted by molar-refractivity contribution is 7.11. The molecule has 0 unspecified atom stereocenters. The number of likely N-dealkylation sites (tertiary alicyclic amines) is 1. The average Bonchev–Trinajstić information content (AvgIpc) is 3.76. The smallest absolute Gasteiger partial charge is 0.119 e. The van der Waals surface area contributed by atoms with Crippen LogP contribution in [0.3, 0.4) is 0 Å². The number of nitrogens with zero attached hydrogens (tertiary/aromatic N) is 5.